The number of halogens is 1. The number of benzene rings is 2. The Labute approximate surface area is 153 Å². The first-order valence-corrected chi connectivity index (χ1v) is 8.70. The zero-order valence-corrected chi connectivity index (χ0v) is 15.2. The van der Waals surface area contributed by atoms with Crippen LogP contribution < -0.4 is 0 Å². The normalized spacial score (nSPS) is 11.2. The minimum absolute atomic E-state index is 0.193. The molecule has 0 amide bonds. The fraction of sp³-hybridized carbons (Fsp3) is 0.286. The van der Waals surface area contributed by atoms with E-state index < -0.39 is 0 Å². The molecule has 0 N–H and O–H groups in total. The molecule has 26 heavy (non-hydrogen) atoms. The van der Waals surface area contributed by atoms with Crippen molar-refractivity contribution in [3.63, 3.8) is 0 Å². The van der Waals surface area contributed by atoms with Crippen LogP contribution in [0.2, 0.25) is 0 Å². The second-order valence-corrected chi connectivity index (χ2v) is 6.46. The van der Waals surface area contributed by atoms with E-state index in [-0.39, 0.29) is 5.82 Å². The minimum atomic E-state index is -0.193. The van der Waals surface area contributed by atoms with Crippen LogP contribution in [0.5, 0.6) is 0 Å². The van der Waals surface area contributed by atoms with E-state index in [0.29, 0.717) is 19.8 Å². The number of nitrogens with zero attached hydrogens (tertiary/aromatic N) is 3. The van der Waals surface area contributed by atoms with Gasteiger partial charge in [-0.25, -0.2) is 4.39 Å². The second-order valence-electron chi connectivity index (χ2n) is 6.46. The molecule has 0 saturated heterocycles. The Balaban J connectivity index is 1.41. The topological polar surface area (TPSA) is 30.3 Å². The van der Waals surface area contributed by atoms with Crippen LogP contribution in [0.4, 0.5) is 4.39 Å². The molecule has 0 radical (unpaired) electrons. The molecule has 0 fully saturated rings. The maximum Gasteiger partial charge on any atom is 0.123 e. The Kier molecular flexibility index (Phi) is 6.15. The van der Waals surface area contributed by atoms with Gasteiger partial charge in [0.2, 0.25) is 0 Å². The number of hydrogen-bond acceptors (Lipinski definition) is 3. The van der Waals surface area contributed by atoms with Gasteiger partial charge in [-0.3, -0.25) is 9.58 Å². The lowest BCUT2D eigenvalue weighted by atomic mass is 10.1. The molecule has 0 spiro atoms. The van der Waals surface area contributed by atoms with Crippen molar-refractivity contribution in [2.45, 2.75) is 13.2 Å². The van der Waals surface area contributed by atoms with Crippen molar-refractivity contribution in [1.82, 2.24) is 14.7 Å². The van der Waals surface area contributed by atoms with Crippen LogP contribution in [0, 0.1) is 5.82 Å². The van der Waals surface area contributed by atoms with Gasteiger partial charge in [0.05, 0.1) is 18.9 Å². The van der Waals surface area contributed by atoms with Crippen molar-refractivity contribution in [1.29, 1.82) is 0 Å². The third-order valence-corrected chi connectivity index (χ3v) is 4.30. The van der Waals surface area contributed by atoms with Crippen molar-refractivity contribution < 1.29 is 9.13 Å². The van der Waals surface area contributed by atoms with Gasteiger partial charge >= 0.3 is 0 Å². The highest BCUT2D eigenvalue weighted by atomic mass is 19.1. The molecule has 136 valence electrons. The standard InChI is InChI=1S/C21H24FN3O/c1-24(15-18-4-3-5-20(22)14-18)12-13-26-16-17-6-8-19(9-7-17)21-10-11-23-25(21)2/h3-11,14H,12-13,15-16H2,1-2H3. The first-order valence-electron chi connectivity index (χ1n) is 8.70. The van der Waals surface area contributed by atoms with E-state index in [1.807, 2.05) is 30.9 Å². The summed E-state index contributed by atoms with van der Waals surface area (Å²) in [5, 5.41) is 4.19. The Bertz CT molecular complexity index is 829. The first-order chi connectivity index (χ1) is 12.6. The number of aromatic nitrogens is 2. The van der Waals surface area contributed by atoms with Crippen LogP contribution in [0.15, 0.2) is 60.8 Å². The molecule has 5 heteroatoms. The van der Waals surface area contributed by atoms with Gasteiger partial charge in [0.25, 0.3) is 0 Å². The number of aryl methyl sites for hydroxylation is 1. The van der Waals surface area contributed by atoms with E-state index in [1.54, 1.807) is 18.3 Å². The van der Waals surface area contributed by atoms with Crippen LogP contribution in [0.3, 0.4) is 0 Å². The molecule has 0 unspecified atom stereocenters. The Morgan fingerprint density at radius 3 is 2.58 bits per heavy atom. The number of ether oxygens (including phenoxy) is 1. The summed E-state index contributed by atoms with van der Waals surface area (Å²) < 4.78 is 20.8. The van der Waals surface area contributed by atoms with Gasteiger partial charge in [-0.15, -0.1) is 0 Å². The highest BCUT2D eigenvalue weighted by molar-refractivity contribution is 5.59. The molecule has 1 heterocycles. The highest BCUT2D eigenvalue weighted by Gasteiger charge is 2.04. The third kappa shape index (κ3) is 5.00. The van der Waals surface area contributed by atoms with Gasteiger partial charge in [-0.2, -0.15) is 5.10 Å². The zero-order chi connectivity index (χ0) is 18.4. The van der Waals surface area contributed by atoms with Crippen LogP contribution in [0.1, 0.15) is 11.1 Å². The van der Waals surface area contributed by atoms with Crippen molar-refractivity contribution >= 4 is 0 Å². The molecule has 3 rings (SSSR count). The average Bonchev–Trinajstić information content (AvgIpc) is 3.05. The van der Waals surface area contributed by atoms with Crippen molar-refractivity contribution in [2.75, 3.05) is 20.2 Å². The van der Waals surface area contributed by atoms with Gasteiger partial charge in [-0.05, 0) is 41.9 Å². The summed E-state index contributed by atoms with van der Waals surface area (Å²) in [7, 11) is 3.95. The number of hydrogen-bond donors (Lipinski definition) is 0. The largest absolute Gasteiger partial charge is 0.375 e. The van der Waals surface area contributed by atoms with Crippen LogP contribution in [0.25, 0.3) is 11.3 Å². The molecule has 0 aliphatic carbocycles. The third-order valence-electron chi connectivity index (χ3n) is 4.30. The highest BCUT2D eigenvalue weighted by Crippen LogP contribution is 2.18. The van der Waals surface area contributed by atoms with Gasteiger partial charge in [-0.1, -0.05) is 36.4 Å². The van der Waals surface area contributed by atoms with Crippen LogP contribution in [-0.2, 0) is 24.9 Å². The Morgan fingerprint density at radius 2 is 1.88 bits per heavy atom. The maximum absolute atomic E-state index is 13.2. The second kappa shape index (κ2) is 8.74. The molecule has 0 saturated carbocycles. The molecule has 4 nitrogen and oxygen atoms in total. The number of rotatable bonds is 8. The molecule has 0 aliphatic rings. The van der Waals surface area contributed by atoms with Crippen molar-refractivity contribution in [3.05, 3.63) is 77.7 Å². The fourth-order valence-corrected chi connectivity index (χ4v) is 2.87. The van der Waals surface area contributed by atoms with Crippen LogP contribution in [-0.4, -0.2) is 34.9 Å². The van der Waals surface area contributed by atoms with E-state index in [0.717, 1.165) is 28.9 Å². The smallest absolute Gasteiger partial charge is 0.123 e. The molecular formula is C21H24FN3O. The summed E-state index contributed by atoms with van der Waals surface area (Å²) >= 11 is 0. The van der Waals surface area contributed by atoms with Crippen molar-refractivity contribution in [2.24, 2.45) is 7.05 Å². The minimum Gasteiger partial charge on any atom is -0.375 e. The lowest BCUT2D eigenvalue weighted by Gasteiger charge is -2.16. The summed E-state index contributed by atoms with van der Waals surface area (Å²) in [4.78, 5) is 2.13. The maximum atomic E-state index is 13.2. The number of likely N-dealkylation sites (N-methyl/N-ethyl adjacent to an activating group) is 1. The molecule has 2 aromatic carbocycles. The van der Waals surface area contributed by atoms with E-state index in [1.165, 1.54) is 6.07 Å². The van der Waals surface area contributed by atoms with Gasteiger partial charge < -0.3 is 4.74 Å². The SMILES string of the molecule is CN(CCOCc1ccc(-c2ccnn2C)cc1)Cc1cccc(F)c1. The summed E-state index contributed by atoms with van der Waals surface area (Å²) in [5.41, 5.74) is 4.35. The predicted molar refractivity (Wildman–Crippen MR) is 101 cm³/mol. The molecule has 0 bridgehead atoms. The summed E-state index contributed by atoms with van der Waals surface area (Å²) in [6.45, 7) is 2.72. The predicted octanol–water partition coefficient (Wildman–Crippen LogP) is 3.87. The average molecular weight is 353 g/mol. The zero-order valence-electron chi connectivity index (χ0n) is 15.2. The Hall–Kier alpha value is -2.50. The Morgan fingerprint density at radius 1 is 1.08 bits per heavy atom. The first kappa shape index (κ1) is 18.3. The van der Waals surface area contributed by atoms with E-state index in [4.69, 9.17) is 4.74 Å². The molecule has 1 aromatic heterocycles. The lowest BCUT2D eigenvalue weighted by Crippen LogP contribution is -2.22. The monoisotopic (exact) mass is 353 g/mol. The summed E-state index contributed by atoms with van der Waals surface area (Å²) in [5.74, 6) is -0.193. The molecule has 0 aliphatic heterocycles. The molecule has 3 aromatic rings. The summed E-state index contributed by atoms with van der Waals surface area (Å²) in [6, 6.07) is 17.1. The van der Waals surface area contributed by atoms with Crippen molar-refractivity contribution in [3.8, 4) is 11.3 Å². The molecule has 0 atom stereocenters. The van der Waals surface area contributed by atoms with Gasteiger partial charge in [0, 0.05) is 26.3 Å². The lowest BCUT2D eigenvalue weighted by molar-refractivity contribution is 0.0980. The van der Waals surface area contributed by atoms with E-state index in [2.05, 4.69) is 34.3 Å². The van der Waals surface area contributed by atoms with E-state index >= 15 is 0 Å². The summed E-state index contributed by atoms with van der Waals surface area (Å²) in [6.07, 6.45) is 1.80. The van der Waals surface area contributed by atoms with E-state index in [9.17, 15) is 4.39 Å². The molecular weight excluding hydrogens is 329 g/mol. The quantitative estimate of drug-likeness (QED) is 0.576. The van der Waals surface area contributed by atoms with Crippen LogP contribution >= 0.6 is 0 Å². The fourth-order valence-electron chi connectivity index (χ4n) is 2.87. The van der Waals surface area contributed by atoms with Gasteiger partial charge in [0.15, 0.2) is 0 Å². The van der Waals surface area contributed by atoms with Gasteiger partial charge in [0.1, 0.15) is 5.82 Å².